The molecule has 0 fully saturated rings. The summed E-state index contributed by atoms with van der Waals surface area (Å²) in [6, 6.07) is 0. The van der Waals surface area contributed by atoms with Gasteiger partial charge >= 0.3 is 16.5 Å². The van der Waals surface area contributed by atoms with E-state index in [-0.39, 0.29) is 0 Å². The minimum absolute atomic E-state index is 0.297. The van der Waals surface area contributed by atoms with Crippen LogP contribution < -0.4 is 0 Å². The Bertz CT molecular complexity index is 122. The third-order valence-electron chi connectivity index (χ3n) is 0.479. The van der Waals surface area contributed by atoms with Gasteiger partial charge in [-0.3, -0.25) is 0 Å². The predicted molar refractivity (Wildman–Crippen MR) is 42.9 cm³/mol. The molecule has 2 atom stereocenters. The molecule has 0 saturated carbocycles. The van der Waals surface area contributed by atoms with Crippen molar-refractivity contribution in [2.45, 2.75) is 13.8 Å². The zero-order chi connectivity index (χ0) is 9.98. The Morgan fingerprint density at radius 2 is 1.25 bits per heavy atom. The molecule has 6 nitrogen and oxygen atoms in total. The van der Waals surface area contributed by atoms with Crippen LogP contribution in [0.4, 0.5) is 0 Å². The van der Waals surface area contributed by atoms with E-state index < -0.39 is 16.5 Å². The van der Waals surface area contributed by atoms with Gasteiger partial charge in [-0.1, -0.05) is 0 Å². The normalized spacial score (nSPS) is 11.3. The Balaban J connectivity index is 0. The van der Waals surface area contributed by atoms with Gasteiger partial charge < -0.3 is 0 Å². The molecule has 0 aliphatic rings. The van der Waals surface area contributed by atoms with Crippen LogP contribution in [0.1, 0.15) is 13.8 Å². The molecule has 0 radical (unpaired) electrons. The molecule has 2 N–H and O–H groups in total. The zero-order valence-electron chi connectivity index (χ0n) is 6.84. The van der Waals surface area contributed by atoms with E-state index in [0.29, 0.717) is 13.2 Å². The molecule has 0 aliphatic heterocycles. The zero-order valence-corrected chi connectivity index (χ0v) is 8.62. The Morgan fingerprint density at radius 3 is 1.25 bits per heavy atom. The number of hydrogen-bond acceptors (Lipinski definition) is 4. The minimum Gasteiger partial charge on any atom is -0.133 e. The Kier molecular flexibility index (Phi) is 13.4. The van der Waals surface area contributed by atoms with E-state index in [1.54, 1.807) is 13.8 Å². The fourth-order valence-electron chi connectivity index (χ4n) is 0.221. The molecule has 0 aromatic rings. The first-order valence-corrected chi connectivity index (χ1v) is 5.38. The van der Waals surface area contributed by atoms with Crippen molar-refractivity contribution < 1.29 is 28.0 Å². The summed E-state index contributed by atoms with van der Waals surface area (Å²) in [5.41, 5.74) is 0. The lowest BCUT2D eigenvalue weighted by atomic mass is 10.9. The van der Waals surface area contributed by atoms with Gasteiger partial charge in [-0.15, -0.1) is 18.8 Å². The second-order valence-electron chi connectivity index (χ2n) is 1.31. The van der Waals surface area contributed by atoms with Gasteiger partial charge in [0, 0.05) is 9.13 Å². The molecule has 12 heavy (non-hydrogen) atoms. The molecule has 2 unspecified atom stereocenters. The molecule has 0 spiro atoms. The highest BCUT2D eigenvalue weighted by molar-refractivity contribution is 7.32. The summed E-state index contributed by atoms with van der Waals surface area (Å²) in [4.78, 5) is 15.7. The molecule has 0 saturated heterocycles. The van der Waals surface area contributed by atoms with Gasteiger partial charge in [0.1, 0.15) is 13.2 Å². The summed E-state index contributed by atoms with van der Waals surface area (Å²) in [6.45, 7) is 3.91. The summed E-state index contributed by atoms with van der Waals surface area (Å²) in [5, 5.41) is 0. The van der Waals surface area contributed by atoms with E-state index >= 15 is 0 Å². The lowest BCUT2D eigenvalue weighted by Gasteiger charge is -1.68. The molecule has 0 aliphatic carbocycles. The van der Waals surface area contributed by atoms with Gasteiger partial charge in [-0.05, 0) is 13.8 Å². The van der Waals surface area contributed by atoms with Gasteiger partial charge in [0.05, 0.1) is 0 Å². The fraction of sp³-hybridized carbons (Fsp3) is 1.00. The predicted octanol–water partition coefficient (Wildman–Crippen LogP) is 1.35. The second-order valence-corrected chi connectivity index (χ2v) is 2.78. The first kappa shape index (κ1) is 14.6. The van der Waals surface area contributed by atoms with E-state index in [1.807, 2.05) is 0 Å². The second kappa shape index (κ2) is 11.0. The molecular formula is C4H12O6P2+2. The Hall–Kier alpha value is 0.0400. The van der Waals surface area contributed by atoms with Crippen LogP contribution in [0, 0.1) is 0 Å². The Labute approximate surface area is 72.4 Å². The molecule has 0 heterocycles. The van der Waals surface area contributed by atoms with Crippen LogP contribution in [0.5, 0.6) is 0 Å². The highest BCUT2D eigenvalue weighted by atomic mass is 31.1. The third-order valence-corrected chi connectivity index (χ3v) is 1.44. The van der Waals surface area contributed by atoms with E-state index in [2.05, 4.69) is 9.05 Å². The van der Waals surface area contributed by atoms with Crippen LogP contribution in [0.25, 0.3) is 0 Å². The first-order chi connectivity index (χ1) is 5.54. The molecular weight excluding hydrogens is 206 g/mol. The van der Waals surface area contributed by atoms with Crippen LogP contribution in [0.15, 0.2) is 0 Å². The Morgan fingerprint density at radius 1 is 1.00 bits per heavy atom. The van der Waals surface area contributed by atoms with Crippen LogP contribution >= 0.6 is 16.5 Å². The van der Waals surface area contributed by atoms with Crippen molar-refractivity contribution in [3.63, 3.8) is 0 Å². The molecule has 72 valence electrons. The summed E-state index contributed by atoms with van der Waals surface area (Å²) in [5.74, 6) is 0. The monoisotopic (exact) mass is 218 g/mol. The van der Waals surface area contributed by atoms with E-state index in [4.69, 9.17) is 9.79 Å². The van der Waals surface area contributed by atoms with Crippen molar-refractivity contribution >= 4 is 16.5 Å². The summed E-state index contributed by atoms with van der Waals surface area (Å²) in [6.07, 6.45) is 0. The average molecular weight is 218 g/mol. The quantitative estimate of drug-likeness (QED) is 0.691. The summed E-state index contributed by atoms with van der Waals surface area (Å²) < 4.78 is 27.3. The minimum atomic E-state index is -2.35. The topological polar surface area (TPSA) is 93.1 Å². The largest absolute Gasteiger partial charge is 0.694 e. The van der Waals surface area contributed by atoms with E-state index in [1.165, 1.54) is 0 Å². The van der Waals surface area contributed by atoms with Gasteiger partial charge in [0.25, 0.3) is 0 Å². The van der Waals surface area contributed by atoms with Crippen molar-refractivity contribution in [2.24, 2.45) is 0 Å². The molecule has 0 aromatic carbocycles. The van der Waals surface area contributed by atoms with Gasteiger partial charge in [-0.2, -0.15) is 0 Å². The number of rotatable bonds is 4. The highest BCUT2D eigenvalue weighted by Crippen LogP contribution is 2.12. The highest BCUT2D eigenvalue weighted by Gasteiger charge is 2.07. The fourth-order valence-corrected chi connectivity index (χ4v) is 0.663. The van der Waals surface area contributed by atoms with E-state index in [9.17, 15) is 9.13 Å². The molecule has 8 heteroatoms. The summed E-state index contributed by atoms with van der Waals surface area (Å²) in [7, 11) is -4.70. The average Bonchev–Trinajstić information content (AvgIpc) is 1.87. The van der Waals surface area contributed by atoms with Crippen molar-refractivity contribution in [3.05, 3.63) is 0 Å². The molecule has 0 bridgehead atoms. The maximum Gasteiger partial charge on any atom is 0.694 e. The molecule has 0 amide bonds. The molecule has 0 aromatic heterocycles. The van der Waals surface area contributed by atoms with Crippen molar-refractivity contribution in [1.29, 1.82) is 0 Å². The van der Waals surface area contributed by atoms with E-state index in [0.717, 1.165) is 0 Å². The lowest BCUT2D eigenvalue weighted by Crippen LogP contribution is -1.72. The summed E-state index contributed by atoms with van der Waals surface area (Å²) >= 11 is 0. The van der Waals surface area contributed by atoms with Gasteiger partial charge in [0.15, 0.2) is 0 Å². The number of hydrogen-bond donors (Lipinski definition) is 2. The third kappa shape index (κ3) is 22.5. The van der Waals surface area contributed by atoms with Crippen LogP contribution in [0.3, 0.4) is 0 Å². The first-order valence-electron chi connectivity index (χ1n) is 3.12. The van der Waals surface area contributed by atoms with Crippen molar-refractivity contribution in [3.8, 4) is 0 Å². The van der Waals surface area contributed by atoms with Crippen LogP contribution in [0.2, 0.25) is 0 Å². The standard InChI is InChI=1S/2C2H5O3P/c2*1-2-5-6(3)4/h2*2H2,1H3/p+2. The van der Waals surface area contributed by atoms with Crippen molar-refractivity contribution in [2.75, 3.05) is 13.2 Å². The molecule has 0 rings (SSSR count). The van der Waals surface area contributed by atoms with Crippen molar-refractivity contribution in [1.82, 2.24) is 0 Å². The lowest BCUT2D eigenvalue weighted by molar-refractivity contribution is 0.296. The smallest absolute Gasteiger partial charge is 0.133 e. The van der Waals surface area contributed by atoms with Crippen LogP contribution in [-0.2, 0) is 18.2 Å². The maximum absolute atomic E-state index is 9.53. The van der Waals surface area contributed by atoms with Crippen LogP contribution in [-0.4, -0.2) is 23.0 Å². The SMILES string of the molecule is CCO[P+](=O)O.CCO[P+](=O)O. The van der Waals surface area contributed by atoms with Gasteiger partial charge in [0.2, 0.25) is 0 Å². The maximum atomic E-state index is 9.53. The van der Waals surface area contributed by atoms with Gasteiger partial charge in [-0.25, -0.2) is 0 Å².